The Labute approximate surface area is 101 Å². The van der Waals surface area contributed by atoms with Crippen LogP contribution in [0.4, 0.5) is 22.0 Å². The Hall–Kier alpha value is -0.510. The molecule has 1 aromatic rings. The second-order valence-electron chi connectivity index (χ2n) is 2.86. The lowest BCUT2D eigenvalue weighted by Gasteiger charge is -2.14. The first kappa shape index (κ1) is 13.6. The molecule has 0 saturated heterocycles. The fourth-order valence-corrected chi connectivity index (χ4v) is 2.11. The van der Waals surface area contributed by atoms with E-state index in [0.717, 1.165) is 0 Å². The lowest BCUT2D eigenvalue weighted by atomic mass is 10.1. The standard InChI is InChI=1S/C8H6F5IN2/c9-7(10)4-2-16-6(8(11,12)13)5(14)3(4)1-15/h2,7H,1,15H2. The summed E-state index contributed by atoms with van der Waals surface area (Å²) in [6.07, 6.45) is -7.03. The molecule has 0 amide bonds. The predicted octanol–water partition coefficient (Wildman–Crippen LogP) is 3.10. The van der Waals surface area contributed by atoms with Gasteiger partial charge in [-0.15, -0.1) is 0 Å². The summed E-state index contributed by atoms with van der Waals surface area (Å²) in [5.74, 6) is 0. The van der Waals surface area contributed by atoms with Crippen molar-refractivity contribution in [3.8, 4) is 0 Å². The van der Waals surface area contributed by atoms with E-state index in [0.29, 0.717) is 6.20 Å². The molecule has 2 N–H and O–H groups in total. The third-order valence-electron chi connectivity index (χ3n) is 1.86. The Morgan fingerprint density at radius 1 is 1.38 bits per heavy atom. The number of nitrogens with two attached hydrogens (primary N) is 1. The van der Waals surface area contributed by atoms with E-state index in [4.69, 9.17) is 5.73 Å². The molecule has 1 rings (SSSR count). The van der Waals surface area contributed by atoms with Crippen LogP contribution in [-0.4, -0.2) is 4.98 Å². The van der Waals surface area contributed by atoms with Gasteiger partial charge >= 0.3 is 6.18 Å². The predicted molar refractivity (Wildman–Crippen MR) is 54.8 cm³/mol. The minimum absolute atomic E-state index is 0.210. The van der Waals surface area contributed by atoms with Gasteiger partial charge in [0.1, 0.15) is 0 Å². The zero-order chi connectivity index (χ0) is 12.5. The van der Waals surface area contributed by atoms with Crippen molar-refractivity contribution >= 4 is 22.6 Å². The van der Waals surface area contributed by atoms with Gasteiger partial charge in [-0.1, -0.05) is 0 Å². The molecule has 0 fully saturated rings. The van der Waals surface area contributed by atoms with Crippen LogP contribution in [0.25, 0.3) is 0 Å². The topological polar surface area (TPSA) is 38.9 Å². The fourth-order valence-electron chi connectivity index (χ4n) is 1.13. The summed E-state index contributed by atoms with van der Waals surface area (Å²) >= 11 is 1.33. The minimum atomic E-state index is -4.67. The van der Waals surface area contributed by atoms with Gasteiger partial charge in [0, 0.05) is 21.9 Å². The van der Waals surface area contributed by atoms with Crippen LogP contribution in [0.5, 0.6) is 0 Å². The van der Waals surface area contributed by atoms with E-state index >= 15 is 0 Å². The molecular formula is C8H6F5IN2. The average Bonchev–Trinajstić information content (AvgIpc) is 2.14. The maximum absolute atomic E-state index is 12.4. The summed E-state index contributed by atoms with van der Waals surface area (Å²) in [4.78, 5) is 3.01. The first-order valence-corrected chi connectivity index (χ1v) is 5.09. The fraction of sp³-hybridized carbons (Fsp3) is 0.375. The number of halogens is 6. The van der Waals surface area contributed by atoms with Gasteiger partial charge in [0.25, 0.3) is 6.43 Å². The molecular weight excluding hydrogens is 346 g/mol. The molecule has 0 aliphatic carbocycles. The Bertz CT molecular complexity index is 391. The van der Waals surface area contributed by atoms with Gasteiger partial charge in [0.2, 0.25) is 0 Å². The number of hydrogen-bond donors (Lipinski definition) is 1. The van der Waals surface area contributed by atoms with Crippen LogP contribution in [-0.2, 0) is 12.7 Å². The van der Waals surface area contributed by atoms with E-state index in [9.17, 15) is 22.0 Å². The molecule has 90 valence electrons. The number of rotatable bonds is 2. The SMILES string of the molecule is NCc1c(C(F)F)cnc(C(F)(F)F)c1I. The zero-order valence-electron chi connectivity index (χ0n) is 7.65. The summed E-state index contributed by atoms with van der Waals surface area (Å²) in [5.41, 5.74) is 3.22. The minimum Gasteiger partial charge on any atom is -0.326 e. The summed E-state index contributed by atoms with van der Waals surface area (Å²) in [7, 11) is 0. The first-order valence-electron chi connectivity index (χ1n) is 4.01. The van der Waals surface area contributed by atoms with Gasteiger partial charge < -0.3 is 5.73 Å². The molecule has 1 aromatic heterocycles. The molecule has 0 radical (unpaired) electrons. The van der Waals surface area contributed by atoms with Crippen molar-refractivity contribution < 1.29 is 22.0 Å². The van der Waals surface area contributed by atoms with E-state index in [-0.39, 0.29) is 15.7 Å². The summed E-state index contributed by atoms with van der Waals surface area (Å²) in [5, 5.41) is 0. The Kier molecular flexibility index (Phi) is 4.05. The molecule has 0 atom stereocenters. The molecule has 0 spiro atoms. The van der Waals surface area contributed by atoms with Crippen LogP contribution < -0.4 is 5.73 Å². The van der Waals surface area contributed by atoms with Crippen molar-refractivity contribution in [3.63, 3.8) is 0 Å². The summed E-state index contributed by atoms with van der Waals surface area (Å²) in [6, 6.07) is 0. The highest BCUT2D eigenvalue weighted by molar-refractivity contribution is 14.1. The molecule has 0 saturated carbocycles. The van der Waals surface area contributed by atoms with E-state index in [1.54, 1.807) is 0 Å². The molecule has 16 heavy (non-hydrogen) atoms. The number of pyridine rings is 1. The van der Waals surface area contributed by atoms with Crippen LogP contribution in [0.2, 0.25) is 0 Å². The van der Waals surface area contributed by atoms with E-state index in [1.165, 1.54) is 22.6 Å². The van der Waals surface area contributed by atoms with Gasteiger partial charge in [-0.05, 0) is 28.2 Å². The second kappa shape index (κ2) is 4.78. The third kappa shape index (κ3) is 2.59. The normalized spacial score (nSPS) is 12.2. The summed E-state index contributed by atoms with van der Waals surface area (Å²) < 4.78 is 61.7. The van der Waals surface area contributed by atoms with Crippen molar-refractivity contribution in [2.24, 2.45) is 5.73 Å². The Morgan fingerprint density at radius 3 is 2.31 bits per heavy atom. The van der Waals surface area contributed by atoms with Crippen LogP contribution in [0.1, 0.15) is 23.2 Å². The van der Waals surface area contributed by atoms with E-state index < -0.39 is 23.9 Å². The monoisotopic (exact) mass is 352 g/mol. The Morgan fingerprint density at radius 2 is 1.94 bits per heavy atom. The maximum atomic E-state index is 12.4. The molecule has 0 bridgehead atoms. The maximum Gasteiger partial charge on any atom is 0.434 e. The van der Waals surface area contributed by atoms with Gasteiger partial charge in [0.15, 0.2) is 5.69 Å². The van der Waals surface area contributed by atoms with Crippen molar-refractivity contribution in [3.05, 3.63) is 26.6 Å². The van der Waals surface area contributed by atoms with E-state index in [1.807, 2.05) is 0 Å². The number of nitrogens with zero attached hydrogens (tertiary/aromatic N) is 1. The van der Waals surface area contributed by atoms with Crippen LogP contribution in [0, 0.1) is 3.57 Å². The van der Waals surface area contributed by atoms with Crippen molar-refractivity contribution in [1.82, 2.24) is 4.98 Å². The molecule has 8 heteroatoms. The van der Waals surface area contributed by atoms with Crippen LogP contribution in [0.3, 0.4) is 0 Å². The lowest BCUT2D eigenvalue weighted by molar-refractivity contribution is -0.142. The first-order chi connectivity index (χ1) is 7.29. The van der Waals surface area contributed by atoms with Gasteiger partial charge in [0.05, 0.1) is 0 Å². The van der Waals surface area contributed by atoms with Gasteiger partial charge in [-0.2, -0.15) is 13.2 Å². The highest BCUT2D eigenvalue weighted by atomic mass is 127. The van der Waals surface area contributed by atoms with Gasteiger partial charge in [-0.3, -0.25) is 4.98 Å². The smallest absolute Gasteiger partial charge is 0.326 e. The molecule has 2 nitrogen and oxygen atoms in total. The largest absolute Gasteiger partial charge is 0.434 e. The lowest BCUT2D eigenvalue weighted by Crippen LogP contribution is -2.15. The highest BCUT2D eigenvalue weighted by Crippen LogP contribution is 2.35. The van der Waals surface area contributed by atoms with Gasteiger partial charge in [-0.25, -0.2) is 8.78 Å². The molecule has 0 aromatic carbocycles. The summed E-state index contributed by atoms with van der Waals surface area (Å²) in [6.45, 7) is -0.385. The Balaban J connectivity index is 3.41. The number of alkyl halides is 5. The van der Waals surface area contributed by atoms with E-state index in [2.05, 4.69) is 4.98 Å². The quantitative estimate of drug-likeness (QED) is 0.656. The van der Waals surface area contributed by atoms with Crippen molar-refractivity contribution in [1.29, 1.82) is 0 Å². The van der Waals surface area contributed by atoms with Crippen molar-refractivity contribution in [2.45, 2.75) is 19.1 Å². The highest BCUT2D eigenvalue weighted by Gasteiger charge is 2.36. The average molecular weight is 352 g/mol. The van der Waals surface area contributed by atoms with Crippen LogP contribution >= 0.6 is 22.6 Å². The number of aromatic nitrogens is 1. The molecule has 0 unspecified atom stereocenters. The third-order valence-corrected chi connectivity index (χ3v) is 3.02. The van der Waals surface area contributed by atoms with Crippen LogP contribution in [0.15, 0.2) is 6.20 Å². The van der Waals surface area contributed by atoms with Crippen molar-refractivity contribution in [2.75, 3.05) is 0 Å². The zero-order valence-corrected chi connectivity index (χ0v) is 9.81. The number of hydrogen-bond acceptors (Lipinski definition) is 2. The molecule has 0 aliphatic heterocycles. The molecule has 1 heterocycles. The second-order valence-corrected chi connectivity index (χ2v) is 3.94. The molecule has 0 aliphatic rings.